The zero-order valence-electron chi connectivity index (χ0n) is 24.0. The summed E-state index contributed by atoms with van der Waals surface area (Å²) in [6.45, 7) is 1.63. The number of halogens is 1. The van der Waals surface area contributed by atoms with E-state index < -0.39 is 36.1 Å². The van der Waals surface area contributed by atoms with Crippen LogP contribution >= 0.6 is 0 Å². The molecule has 0 spiro atoms. The number of esters is 3. The Morgan fingerprint density at radius 1 is 0.773 bits per heavy atom. The maximum absolute atomic E-state index is 12.9. The molecule has 0 unspecified atom stereocenters. The molecule has 0 aromatic heterocycles. The van der Waals surface area contributed by atoms with Gasteiger partial charge in [-0.15, -0.1) is 0 Å². The van der Waals surface area contributed by atoms with Gasteiger partial charge in [0.15, 0.2) is 0 Å². The Morgan fingerprint density at radius 2 is 1.23 bits per heavy atom. The Hall–Kier alpha value is -5.10. The summed E-state index contributed by atoms with van der Waals surface area (Å²) in [6.07, 6.45) is -3.54. The van der Waals surface area contributed by atoms with E-state index in [0.717, 1.165) is 18.5 Å². The molecule has 2 N–H and O–H groups in total. The van der Waals surface area contributed by atoms with Crippen molar-refractivity contribution in [3.05, 3.63) is 107 Å². The van der Waals surface area contributed by atoms with Gasteiger partial charge in [0.1, 0.15) is 5.82 Å². The summed E-state index contributed by atoms with van der Waals surface area (Å²) < 4.78 is 27.3. The van der Waals surface area contributed by atoms with E-state index >= 15 is 0 Å². The molecular weight excluding hydrogens is 577 g/mol. The lowest BCUT2D eigenvalue weighted by atomic mass is 9.80. The minimum Gasteiger partial charge on any atom is -0.478 e. The third-order valence-corrected chi connectivity index (χ3v) is 6.87. The predicted octanol–water partition coefficient (Wildman–Crippen LogP) is 3.64. The number of carbonyl (C=O) groups excluding carboxylic acids is 3. The lowest BCUT2D eigenvalue weighted by Gasteiger charge is -2.35. The van der Waals surface area contributed by atoms with Crippen molar-refractivity contribution in [2.24, 2.45) is 5.92 Å². The lowest BCUT2D eigenvalue weighted by Crippen LogP contribution is -2.45. The number of hydrogen-bond donors (Lipinski definition) is 2. The zero-order chi connectivity index (χ0) is 32.2. The Kier molecular flexibility index (Phi) is 12.1. The van der Waals surface area contributed by atoms with Gasteiger partial charge in [-0.05, 0) is 67.9 Å². The summed E-state index contributed by atoms with van der Waals surface area (Å²) in [7, 11) is 3.41. The van der Waals surface area contributed by atoms with Crippen LogP contribution in [0, 0.1) is 11.7 Å². The maximum Gasteiger partial charge on any atom is 0.349 e. The van der Waals surface area contributed by atoms with Crippen LogP contribution in [0.25, 0.3) is 0 Å². The molecule has 0 amide bonds. The summed E-state index contributed by atoms with van der Waals surface area (Å²) >= 11 is 0. The topological polar surface area (TPSA) is 157 Å². The van der Waals surface area contributed by atoms with Crippen molar-refractivity contribution >= 4 is 29.8 Å². The molecule has 1 aliphatic heterocycles. The van der Waals surface area contributed by atoms with Crippen molar-refractivity contribution in [3.63, 3.8) is 0 Å². The third kappa shape index (κ3) is 9.20. The number of carboxylic acid groups (broad SMARTS) is 2. The first-order valence-corrected chi connectivity index (χ1v) is 13.5. The number of ether oxygens (including phenoxy) is 3. The minimum atomic E-state index is -2.21. The molecule has 44 heavy (non-hydrogen) atoms. The number of rotatable bonds is 9. The van der Waals surface area contributed by atoms with Gasteiger partial charge in [0.05, 0.1) is 24.2 Å². The van der Waals surface area contributed by atoms with Crippen LogP contribution in [0.4, 0.5) is 4.39 Å². The first-order valence-electron chi connectivity index (χ1n) is 13.5. The van der Waals surface area contributed by atoms with Crippen LogP contribution in [0.15, 0.2) is 84.9 Å². The second kappa shape index (κ2) is 15.9. The van der Waals surface area contributed by atoms with E-state index in [1.807, 2.05) is 7.05 Å². The fourth-order valence-electron chi connectivity index (χ4n) is 4.61. The smallest absolute Gasteiger partial charge is 0.349 e. The summed E-state index contributed by atoms with van der Waals surface area (Å²) in [6, 6.07) is 21.3. The maximum atomic E-state index is 12.9. The van der Waals surface area contributed by atoms with Crippen LogP contribution < -0.4 is 0 Å². The Balaban J connectivity index is 0.000000257. The van der Waals surface area contributed by atoms with Crippen molar-refractivity contribution in [2.45, 2.75) is 24.5 Å². The highest BCUT2D eigenvalue weighted by molar-refractivity contribution is 5.95. The first-order chi connectivity index (χ1) is 21.0. The predicted molar refractivity (Wildman–Crippen MR) is 153 cm³/mol. The van der Waals surface area contributed by atoms with Crippen LogP contribution in [0.5, 0.6) is 0 Å². The van der Waals surface area contributed by atoms with E-state index in [9.17, 15) is 38.6 Å². The molecule has 0 saturated carbocycles. The van der Waals surface area contributed by atoms with Gasteiger partial charge in [-0.25, -0.2) is 23.6 Å². The van der Waals surface area contributed by atoms with E-state index in [1.54, 1.807) is 24.3 Å². The molecule has 1 aliphatic rings. The van der Waals surface area contributed by atoms with Gasteiger partial charge in [0.2, 0.25) is 12.2 Å². The summed E-state index contributed by atoms with van der Waals surface area (Å²) in [5.74, 6) is -6.12. The second-order valence-corrected chi connectivity index (χ2v) is 9.90. The number of nitrogens with zero attached hydrogens (tertiary/aromatic N) is 1. The van der Waals surface area contributed by atoms with Crippen molar-refractivity contribution in [1.82, 2.24) is 4.90 Å². The highest BCUT2D eigenvalue weighted by Gasteiger charge is 2.41. The van der Waals surface area contributed by atoms with Crippen molar-refractivity contribution < 1.29 is 52.8 Å². The molecule has 4 atom stereocenters. The lowest BCUT2D eigenvalue weighted by molar-refractivity contribution is -0.166. The molecule has 232 valence electrons. The molecule has 4 rings (SSSR count). The molecule has 11 nitrogen and oxygen atoms in total. The molecule has 0 radical (unpaired) electrons. The number of piperidine rings is 1. The molecule has 1 saturated heterocycles. The van der Waals surface area contributed by atoms with E-state index in [2.05, 4.69) is 4.90 Å². The molecule has 3 aromatic carbocycles. The van der Waals surface area contributed by atoms with Crippen LogP contribution in [0.1, 0.15) is 38.6 Å². The number of methoxy groups -OCH3 is 1. The van der Waals surface area contributed by atoms with E-state index in [-0.39, 0.29) is 34.7 Å². The normalized spacial score (nSPS) is 17.5. The average Bonchev–Trinajstić information content (AvgIpc) is 3.03. The molecule has 0 aliphatic carbocycles. The summed E-state index contributed by atoms with van der Waals surface area (Å²) in [5.41, 5.74) is 1.06. The first kappa shape index (κ1) is 33.4. The van der Waals surface area contributed by atoms with Crippen molar-refractivity contribution in [3.8, 4) is 0 Å². The van der Waals surface area contributed by atoms with Crippen molar-refractivity contribution in [2.75, 3.05) is 27.2 Å². The largest absolute Gasteiger partial charge is 0.478 e. The number of carboxylic acids is 2. The van der Waals surface area contributed by atoms with Gasteiger partial charge >= 0.3 is 29.8 Å². The minimum absolute atomic E-state index is 0.0253. The van der Waals surface area contributed by atoms with Crippen LogP contribution in [-0.4, -0.2) is 84.4 Å². The average molecular weight is 610 g/mol. The van der Waals surface area contributed by atoms with Crippen LogP contribution in [-0.2, 0) is 28.6 Å². The third-order valence-electron chi connectivity index (χ3n) is 6.87. The number of hydrogen-bond acceptors (Lipinski definition) is 9. The Morgan fingerprint density at radius 3 is 1.64 bits per heavy atom. The Bertz CT molecular complexity index is 1360. The number of carbonyl (C=O) groups is 5. The monoisotopic (exact) mass is 609 g/mol. The summed E-state index contributed by atoms with van der Waals surface area (Å²) in [4.78, 5) is 60.8. The fourth-order valence-corrected chi connectivity index (χ4v) is 4.61. The zero-order valence-corrected chi connectivity index (χ0v) is 24.0. The number of likely N-dealkylation sites (tertiary alicyclic amines) is 1. The standard InChI is InChI=1S/C18H14O8.C14H18FNO2/c19-15(20)13(25-17(23)11-7-3-1-4-8-11)14(16(21)22)26-18(24)12-9-5-2-6-10-12;1-16-8-7-12(13(9-16)14(17)18-2)10-3-5-11(15)6-4-10/h1-10,13-14H,(H,19,20)(H,21,22);3-6,12-13H,7-9H2,1-2H3/t13-,14-;12-,13-/m11/s1. The van der Waals surface area contributed by atoms with Gasteiger partial charge < -0.3 is 29.3 Å². The fraction of sp³-hybridized carbons (Fsp3) is 0.281. The van der Waals surface area contributed by atoms with Crippen LogP contribution in [0.3, 0.4) is 0 Å². The van der Waals surface area contributed by atoms with Gasteiger partial charge in [-0.3, -0.25) is 4.79 Å². The van der Waals surface area contributed by atoms with E-state index in [4.69, 9.17) is 14.2 Å². The van der Waals surface area contributed by atoms with E-state index in [1.165, 1.54) is 67.8 Å². The van der Waals surface area contributed by atoms with Gasteiger partial charge in [-0.1, -0.05) is 48.5 Å². The molecule has 0 bridgehead atoms. The van der Waals surface area contributed by atoms with Gasteiger partial charge in [0, 0.05) is 6.54 Å². The van der Waals surface area contributed by atoms with Crippen molar-refractivity contribution in [1.29, 1.82) is 0 Å². The Labute approximate surface area is 252 Å². The summed E-state index contributed by atoms with van der Waals surface area (Å²) in [5, 5.41) is 18.5. The number of benzene rings is 3. The van der Waals surface area contributed by atoms with Gasteiger partial charge in [-0.2, -0.15) is 0 Å². The molecular formula is C32H32FNO10. The second-order valence-electron chi connectivity index (χ2n) is 9.90. The quantitative estimate of drug-likeness (QED) is 0.270. The van der Waals surface area contributed by atoms with Crippen LogP contribution in [0.2, 0.25) is 0 Å². The SMILES string of the molecule is COC(=O)[C@@H]1CN(C)CC[C@@H]1c1ccc(F)cc1.O=C(O[C@@H](C(=O)O)[C@@H](OC(=O)c1ccccc1)C(=O)O)c1ccccc1. The van der Waals surface area contributed by atoms with E-state index in [0.29, 0.717) is 6.54 Å². The highest BCUT2D eigenvalue weighted by atomic mass is 19.1. The molecule has 1 fully saturated rings. The molecule has 12 heteroatoms. The highest BCUT2D eigenvalue weighted by Crippen LogP contribution is 2.33. The van der Waals surface area contributed by atoms with Gasteiger partial charge in [0.25, 0.3) is 0 Å². The molecule has 1 heterocycles. The number of aliphatic carboxylic acids is 2. The molecule has 3 aromatic rings.